The number of nitrogens with zero attached hydrogens (tertiary/aromatic N) is 1. The van der Waals surface area contributed by atoms with Crippen LogP contribution in [0.5, 0.6) is 0 Å². The van der Waals surface area contributed by atoms with Gasteiger partial charge in [0.15, 0.2) is 0 Å². The third-order valence-corrected chi connectivity index (χ3v) is 4.08. The van der Waals surface area contributed by atoms with Gasteiger partial charge in [0, 0.05) is 18.0 Å². The molecule has 0 saturated heterocycles. The van der Waals surface area contributed by atoms with E-state index in [4.69, 9.17) is 18.0 Å². The molecule has 0 aliphatic carbocycles. The molecule has 0 saturated carbocycles. The van der Waals surface area contributed by atoms with Crippen molar-refractivity contribution in [2.45, 2.75) is 26.8 Å². The summed E-state index contributed by atoms with van der Waals surface area (Å²) in [4.78, 5) is 12.5. The molecule has 0 aliphatic heterocycles. The van der Waals surface area contributed by atoms with Gasteiger partial charge in [-0.15, -0.1) is 0 Å². The Morgan fingerprint density at radius 2 is 1.95 bits per heavy atom. The molecule has 100 valence electrons. The number of hydrogen-bond acceptors (Lipinski definition) is 2. The van der Waals surface area contributed by atoms with Crippen molar-refractivity contribution in [3.8, 4) is 0 Å². The molecule has 1 heterocycles. The molecule has 0 aliphatic rings. The van der Waals surface area contributed by atoms with Gasteiger partial charge in [-0.2, -0.15) is 0 Å². The monoisotopic (exact) mass is 274 g/mol. The summed E-state index contributed by atoms with van der Waals surface area (Å²) in [5.41, 5.74) is 6.45. The zero-order valence-corrected chi connectivity index (χ0v) is 12.0. The van der Waals surface area contributed by atoms with Gasteiger partial charge >= 0.3 is 0 Å². The molecule has 4 heteroatoms. The zero-order valence-electron chi connectivity index (χ0n) is 11.2. The fourth-order valence-electron chi connectivity index (χ4n) is 1.99. The summed E-state index contributed by atoms with van der Waals surface area (Å²) < 4.78 is 1.79. The van der Waals surface area contributed by atoms with Crippen LogP contribution >= 0.6 is 12.2 Å². The fourth-order valence-corrected chi connectivity index (χ4v) is 2.09. The van der Waals surface area contributed by atoms with Crippen molar-refractivity contribution in [1.82, 2.24) is 4.57 Å². The van der Waals surface area contributed by atoms with Gasteiger partial charge in [0.25, 0.3) is 5.56 Å². The summed E-state index contributed by atoms with van der Waals surface area (Å²) in [6.45, 7) is 4.63. The third kappa shape index (κ3) is 2.84. The topological polar surface area (TPSA) is 48.0 Å². The van der Waals surface area contributed by atoms with Crippen molar-refractivity contribution < 1.29 is 0 Å². The maximum atomic E-state index is 12.0. The van der Waals surface area contributed by atoms with Crippen LogP contribution in [-0.4, -0.2) is 9.56 Å². The van der Waals surface area contributed by atoms with Crippen molar-refractivity contribution >= 4 is 28.1 Å². The number of hydrogen-bond donors (Lipinski definition) is 1. The normalized spacial score (nSPS) is 11.7. The average Bonchev–Trinajstić information content (AvgIpc) is 2.37. The Bertz CT molecular complexity index is 673. The Hall–Kier alpha value is -1.68. The van der Waals surface area contributed by atoms with E-state index in [1.165, 1.54) is 0 Å². The molecule has 3 nitrogen and oxygen atoms in total. The standard InChI is InChI=1S/C15H18N2OS/c1-15(2,14(16)19)9-10-17-12-6-4-3-5-11(12)7-8-13(17)18/h3-8H,9-10H2,1-2H3,(H2,16,19). The van der Waals surface area contributed by atoms with Gasteiger partial charge in [-0.1, -0.05) is 44.3 Å². The van der Waals surface area contributed by atoms with Crippen LogP contribution < -0.4 is 11.3 Å². The van der Waals surface area contributed by atoms with E-state index in [0.717, 1.165) is 17.3 Å². The number of para-hydroxylation sites is 1. The molecule has 0 fully saturated rings. The van der Waals surface area contributed by atoms with Crippen molar-refractivity contribution in [2.75, 3.05) is 0 Å². The van der Waals surface area contributed by atoms with Gasteiger partial charge in [-0.05, 0) is 23.9 Å². The van der Waals surface area contributed by atoms with Crippen molar-refractivity contribution in [1.29, 1.82) is 0 Å². The van der Waals surface area contributed by atoms with Crippen LogP contribution in [0.25, 0.3) is 10.9 Å². The maximum Gasteiger partial charge on any atom is 0.251 e. The minimum absolute atomic E-state index is 0.0115. The summed E-state index contributed by atoms with van der Waals surface area (Å²) >= 11 is 5.07. The highest BCUT2D eigenvalue weighted by atomic mass is 32.1. The van der Waals surface area contributed by atoms with Crippen LogP contribution in [-0.2, 0) is 6.54 Å². The van der Waals surface area contributed by atoms with E-state index < -0.39 is 0 Å². The first kappa shape index (κ1) is 13.7. The Morgan fingerprint density at radius 3 is 2.63 bits per heavy atom. The van der Waals surface area contributed by atoms with Crippen molar-refractivity contribution in [2.24, 2.45) is 11.1 Å². The van der Waals surface area contributed by atoms with E-state index in [1.54, 1.807) is 10.6 Å². The molecule has 2 rings (SSSR count). The number of pyridine rings is 1. The van der Waals surface area contributed by atoms with Crippen LogP contribution in [0.1, 0.15) is 20.3 Å². The summed E-state index contributed by atoms with van der Waals surface area (Å²) in [6.07, 6.45) is 0.746. The average molecular weight is 274 g/mol. The van der Waals surface area contributed by atoms with E-state index in [-0.39, 0.29) is 11.0 Å². The molecule has 1 aromatic carbocycles. The highest BCUT2D eigenvalue weighted by molar-refractivity contribution is 7.80. The predicted octanol–water partition coefficient (Wildman–Crippen LogP) is 2.70. The third-order valence-electron chi connectivity index (χ3n) is 3.53. The number of fused-ring (bicyclic) bond motifs is 1. The summed E-state index contributed by atoms with van der Waals surface area (Å²) in [7, 11) is 0. The van der Waals surface area contributed by atoms with Gasteiger partial charge in [-0.3, -0.25) is 4.79 Å². The Kier molecular flexibility index (Phi) is 3.71. The van der Waals surface area contributed by atoms with Crippen LogP contribution in [0.15, 0.2) is 41.2 Å². The van der Waals surface area contributed by atoms with Gasteiger partial charge in [-0.25, -0.2) is 0 Å². The highest BCUT2D eigenvalue weighted by Gasteiger charge is 2.21. The Balaban J connectivity index is 2.38. The molecule has 2 aromatic rings. The number of rotatable bonds is 4. The number of aromatic nitrogens is 1. The lowest BCUT2D eigenvalue weighted by atomic mass is 9.89. The zero-order chi connectivity index (χ0) is 14.0. The molecule has 0 bridgehead atoms. The van der Waals surface area contributed by atoms with Gasteiger partial charge in [0.05, 0.1) is 10.5 Å². The molecule has 0 unspecified atom stereocenters. The molecule has 0 atom stereocenters. The molecular weight excluding hydrogens is 256 g/mol. The molecule has 19 heavy (non-hydrogen) atoms. The van der Waals surface area contributed by atoms with Gasteiger partial charge in [0.1, 0.15) is 0 Å². The molecule has 1 aromatic heterocycles. The number of thiocarbonyl (C=S) groups is 1. The number of benzene rings is 1. The summed E-state index contributed by atoms with van der Waals surface area (Å²) in [6, 6.07) is 11.3. The van der Waals surface area contributed by atoms with Crippen LogP contribution in [0.3, 0.4) is 0 Å². The number of nitrogens with two attached hydrogens (primary N) is 1. The van der Waals surface area contributed by atoms with E-state index in [1.807, 2.05) is 44.2 Å². The van der Waals surface area contributed by atoms with Crippen LogP contribution in [0.2, 0.25) is 0 Å². The largest absolute Gasteiger partial charge is 0.393 e. The first-order chi connectivity index (χ1) is 8.92. The van der Waals surface area contributed by atoms with E-state index in [0.29, 0.717) is 11.5 Å². The Morgan fingerprint density at radius 1 is 1.26 bits per heavy atom. The summed E-state index contributed by atoms with van der Waals surface area (Å²) in [5.74, 6) is 0. The van der Waals surface area contributed by atoms with Crippen LogP contribution in [0.4, 0.5) is 0 Å². The lowest BCUT2D eigenvalue weighted by molar-refractivity contribution is 0.435. The van der Waals surface area contributed by atoms with Crippen LogP contribution in [0, 0.1) is 5.41 Å². The maximum absolute atomic E-state index is 12.0. The second-order valence-electron chi connectivity index (χ2n) is 5.38. The van der Waals surface area contributed by atoms with Crippen molar-refractivity contribution in [3.63, 3.8) is 0 Å². The first-order valence-corrected chi connectivity index (χ1v) is 6.71. The molecular formula is C15H18N2OS. The quantitative estimate of drug-likeness (QED) is 0.872. The lowest BCUT2D eigenvalue weighted by Gasteiger charge is -2.23. The summed E-state index contributed by atoms with van der Waals surface area (Å²) in [5, 5.41) is 1.07. The minimum atomic E-state index is -0.244. The predicted molar refractivity (Wildman–Crippen MR) is 83.4 cm³/mol. The highest BCUT2D eigenvalue weighted by Crippen LogP contribution is 2.22. The lowest BCUT2D eigenvalue weighted by Crippen LogP contribution is -2.32. The second kappa shape index (κ2) is 5.13. The van der Waals surface area contributed by atoms with Gasteiger partial charge < -0.3 is 10.3 Å². The molecule has 0 amide bonds. The molecule has 0 spiro atoms. The van der Waals surface area contributed by atoms with Gasteiger partial charge in [0.2, 0.25) is 0 Å². The number of aryl methyl sites for hydroxylation is 1. The molecule has 0 radical (unpaired) electrons. The van der Waals surface area contributed by atoms with Crippen molar-refractivity contribution in [3.05, 3.63) is 46.8 Å². The first-order valence-electron chi connectivity index (χ1n) is 6.30. The smallest absolute Gasteiger partial charge is 0.251 e. The minimum Gasteiger partial charge on any atom is -0.393 e. The SMILES string of the molecule is CC(C)(CCn1c(=O)ccc2ccccc21)C(N)=S. The molecule has 2 N–H and O–H groups in total. The fraction of sp³-hybridized carbons (Fsp3) is 0.333. The second-order valence-corrected chi connectivity index (χ2v) is 5.82. The van der Waals surface area contributed by atoms with E-state index >= 15 is 0 Å². The Labute approximate surface area is 118 Å². The van der Waals surface area contributed by atoms with E-state index in [2.05, 4.69) is 0 Å². The van der Waals surface area contributed by atoms with E-state index in [9.17, 15) is 4.79 Å².